The van der Waals surface area contributed by atoms with Crippen molar-refractivity contribution in [3.63, 3.8) is 0 Å². The second-order valence-corrected chi connectivity index (χ2v) is 9.37. The lowest BCUT2D eigenvalue weighted by atomic mass is 9.95. The van der Waals surface area contributed by atoms with Crippen LogP contribution >= 0.6 is 0 Å². The first-order valence-corrected chi connectivity index (χ1v) is 12.5. The third kappa shape index (κ3) is 5.15. The van der Waals surface area contributed by atoms with Gasteiger partial charge in [0.05, 0.1) is 0 Å². The average molecular weight is 438 g/mol. The van der Waals surface area contributed by atoms with Gasteiger partial charge in [0.15, 0.2) is 0 Å². The van der Waals surface area contributed by atoms with E-state index in [1.54, 1.807) is 11.3 Å². The Morgan fingerprint density at radius 2 is 1.64 bits per heavy atom. The van der Waals surface area contributed by atoms with Gasteiger partial charge in [-0.3, -0.25) is 0 Å². The van der Waals surface area contributed by atoms with Gasteiger partial charge >= 0.3 is 0 Å². The fraction of sp³-hybridized carbons (Fsp3) is 0.333. The molecule has 33 heavy (non-hydrogen) atoms. The molecule has 1 heterocycles. The number of nitrogens with one attached hydrogen (secondary N) is 2. The predicted octanol–water partition coefficient (Wildman–Crippen LogP) is 6.62. The zero-order valence-corrected chi connectivity index (χ0v) is 19.7. The molecule has 3 aromatic carbocycles. The third-order valence-electron chi connectivity index (χ3n) is 6.90. The molecule has 1 aliphatic carbocycles. The molecule has 0 unspecified atom stereocenters. The summed E-state index contributed by atoms with van der Waals surface area (Å²) in [7, 11) is 0. The van der Waals surface area contributed by atoms with Crippen LogP contribution in [0, 0.1) is 6.92 Å². The molecule has 0 saturated heterocycles. The van der Waals surface area contributed by atoms with E-state index in [2.05, 4.69) is 94.9 Å². The third-order valence-corrected chi connectivity index (χ3v) is 6.90. The van der Waals surface area contributed by atoms with Gasteiger partial charge in [-0.1, -0.05) is 54.1 Å². The van der Waals surface area contributed by atoms with Crippen molar-refractivity contribution in [2.75, 3.05) is 11.9 Å². The molecule has 0 aliphatic heterocycles. The Kier molecular flexibility index (Phi) is 6.78. The molecule has 0 spiro atoms. The summed E-state index contributed by atoms with van der Waals surface area (Å²) in [4.78, 5) is 0. The lowest BCUT2D eigenvalue weighted by molar-refractivity contribution is 0.561. The van der Waals surface area contributed by atoms with Crippen LogP contribution in [0.1, 0.15) is 47.2 Å². The summed E-state index contributed by atoms with van der Waals surface area (Å²) in [6.45, 7) is 6.08. The van der Waals surface area contributed by atoms with Crippen LogP contribution in [0.25, 0.3) is 10.9 Å². The minimum absolute atomic E-state index is 0.863. The topological polar surface area (TPSA) is 29.0 Å². The molecule has 0 fully saturated rings. The number of anilines is 1. The van der Waals surface area contributed by atoms with Gasteiger partial charge in [-0.05, 0) is 86.5 Å². The van der Waals surface area contributed by atoms with Gasteiger partial charge in [-0.2, -0.15) is 0 Å². The Morgan fingerprint density at radius 3 is 2.48 bits per heavy atom. The molecular weight excluding hydrogens is 402 g/mol. The number of nitrogens with zero attached hydrogens (tertiary/aromatic N) is 1. The summed E-state index contributed by atoms with van der Waals surface area (Å²) in [5.74, 6) is 0. The normalized spacial score (nSPS) is 13.2. The Balaban J connectivity index is 1.27. The summed E-state index contributed by atoms with van der Waals surface area (Å²) in [6.07, 6.45) is 6.23. The maximum atomic E-state index is 3.62. The van der Waals surface area contributed by atoms with Crippen molar-refractivity contribution in [1.29, 1.82) is 0 Å². The minimum Gasteiger partial charge on any atom is -0.381 e. The van der Waals surface area contributed by atoms with E-state index >= 15 is 0 Å². The van der Waals surface area contributed by atoms with Crippen LogP contribution in [0.15, 0.2) is 72.8 Å². The molecule has 0 atom stereocenters. The molecular formula is C30H35N3. The molecule has 170 valence electrons. The highest BCUT2D eigenvalue weighted by Crippen LogP contribution is 2.33. The molecule has 0 amide bonds. The second kappa shape index (κ2) is 10.3. The highest BCUT2D eigenvalue weighted by molar-refractivity contribution is 5.86. The number of aromatic nitrogens is 1. The number of fused-ring (bicyclic) bond motifs is 3. The van der Waals surface area contributed by atoms with Crippen molar-refractivity contribution >= 4 is 16.6 Å². The van der Waals surface area contributed by atoms with Crippen molar-refractivity contribution < 1.29 is 0 Å². The molecule has 0 saturated carbocycles. The Bertz CT molecular complexity index is 1190. The first-order chi connectivity index (χ1) is 16.3. The van der Waals surface area contributed by atoms with Gasteiger partial charge in [0.2, 0.25) is 0 Å². The lowest BCUT2D eigenvalue weighted by Crippen LogP contribution is -2.17. The molecule has 0 bridgehead atoms. The zero-order valence-electron chi connectivity index (χ0n) is 19.7. The van der Waals surface area contributed by atoms with E-state index in [1.165, 1.54) is 59.0 Å². The van der Waals surface area contributed by atoms with Gasteiger partial charge in [0, 0.05) is 41.9 Å². The van der Waals surface area contributed by atoms with E-state index in [1.807, 2.05) is 0 Å². The predicted molar refractivity (Wildman–Crippen MR) is 140 cm³/mol. The summed E-state index contributed by atoms with van der Waals surface area (Å²) in [5.41, 5.74) is 9.80. The number of hydrogen-bond acceptors (Lipinski definition) is 2. The zero-order chi connectivity index (χ0) is 22.5. The first-order valence-electron chi connectivity index (χ1n) is 12.5. The number of aryl methyl sites for hydroxylation is 3. The maximum Gasteiger partial charge on any atom is 0.0485 e. The Morgan fingerprint density at radius 1 is 0.818 bits per heavy atom. The van der Waals surface area contributed by atoms with E-state index in [0.29, 0.717) is 0 Å². The first kappa shape index (κ1) is 21.8. The van der Waals surface area contributed by atoms with E-state index in [-0.39, 0.29) is 0 Å². The molecule has 1 aromatic heterocycles. The van der Waals surface area contributed by atoms with E-state index < -0.39 is 0 Å². The van der Waals surface area contributed by atoms with Crippen molar-refractivity contribution in [3.05, 3.63) is 101 Å². The van der Waals surface area contributed by atoms with Gasteiger partial charge in [-0.25, -0.2) is 0 Å². The number of rotatable bonds is 9. The largest absolute Gasteiger partial charge is 0.381 e. The van der Waals surface area contributed by atoms with Crippen molar-refractivity contribution in [2.24, 2.45) is 0 Å². The lowest BCUT2D eigenvalue weighted by Gasteiger charge is -2.16. The van der Waals surface area contributed by atoms with Crippen LogP contribution in [-0.4, -0.2) is 11.1 Å². The van der Waals surface area contributed by atoms with Crippen LogP contribution in [-0.2, 0) is 32.5 Å². The van der Waals surface area contributed by atoms with Crippen LogP contribution in [0.5, 0.6) is 0 Å². The molecule has 2 N–H and O–H groups in total. The van der Waals surface area contributed by atoms with Crippen molar-refractivity contribution in [1.82, 2.24) is 9.88 Å². The molecule has 5 rings (SSSR count). The summed E-state index contributed by atoms with van der Waals surface area (Å²) < 4.78 is 2.62. The van der Waals surface area contributed by atoms with Gasteiger partial charge in [0.25, 0.3) is 0 Å². The second-order valence-electron chi connectivity index (χ2n) is 9.37. The maximum absolute atomic E-state index is 3.62. The SMILES string of the molecule is Cc1ccc(NCc2ccc3c(c2)c2c(n3CCCNCc3ccccc3)CCCC2)cc1. The van der Waals surface area contributed by atoms with Crippen LogP contribution in [0.4, 0.5) is 5.69 Å². The smallest absolute Gasteiger partial charge is 0.0485 e. The van der Waals surface area contributed by atoms with Crippen LogP contribution < -0.4 is 10.6 Å². The molecule has 3 heteroatoms. The number of hydrogen-bond donors (Lipinski definition) is 2. The summed E-state index contributed by atoms with van der Waals surface area (Å²) in [6, 6.07) is 26.4. The van der Waals surface area contributed by atoms with Crippen molar-refractivity contribution in [3.8, 4) is 0 Å². The molecule has 0 radical (unpaired) electrons. The van der Waals surface area contributed by atoms with Gasteiger partial charge in [0.1, 0.15) is 0 Å². The van der Waals surface area contributed by atoms with E-state index in [4.69, 9.17) is 0 Å². The molecule has 1 aliphatic rings. The quantitative estimate of drug-likeness (QED) is 0.288. The summed E-state index contributed by atoms with van der Waals surface area (Å²) >= 11 is 0. The molecule has 3 nitrogen and oxygen atoms in total. The van der Waals surface area contributed by atoms with Gasteiger partial charge in [-0.15, -0.1) is 0 Å². The van der Waals surface area contributed by atoms with Crippen LogP contribution in [0.2, 0.25) is 0 Å². The Hall–Kier alpha value is -3.04. The fourth-order valence-electron chi connectivity index (χ4n) is 5.11. The van der Waals surface area contributed by atoms with Crippen LogP contribution in [0.3, 0.4) is 0 Å². The van der Waals surface area contributed by atoms with Gasteiger partial charge < -0.3 is 15.2 Å². The molecule has 4 aromatic rings. The standard InChI is InChI=1S/C30H35N3/c1-23-12-15-26(16-13-23)32-22-25-14-17-30-28(20-25)27-10-5-6-11-29(27)33(30)19-7-18-31-21-24-8-3-2-4-9-24/h2-4,8-9,12-17,20,31-32H,5-7,10-11,18-19,21-22H2,1H3. The Labute approximate surface area is 197 Å². The highest BCUT2D eigenvalue weighted by atomic mass is 15.0. The average Bonchev–Trinajstić information content (AvgIpc) is 3.17. The number of benzene rings is 3. The minimum atomic E-state index is 0.863. The van der Waals surface area contributed by atoms with E-state index in [9.17, 15) is 0 Å². The van der Waals surface area contributed by atoms with Crippen molar-refractivity contribution in [2.45, 2.75) is 58.7 Å². The fourth-order valence-corrected chi connectivity index (χ4v) is 5.11. The van der Waals surface area contributed by atoms with E-state index in [0.717, 1.165) is 32.6 Å². The summed E-state index contributed by atoms with van der Waals surface area (Å²) in [5, 5.41) is 8.68. The highest BCUT2D eigenvalue weighted by Gasteiger charge is 2.20. The monoisotopic (exact) mass is 437 g/mol.